The highest BCUT2D eigenvalue weighted by Gasteiger charge is 2.56. The predicted molar refractivity (Wildman–Crippen MR) is 64.4 cm³/mol. The van der Waals surface area contributed by atoms with Crippen LogP contribution >= 0.6 is 0 Å². The Bertz CT molecular complexity index is 285. The molecule has 0 saturated heterocycles. The lowest BCUT2D eigenvalue weighted by Crippen LogP contribution is -2.45. The summed E-state index contributed by atoms with van der Waals surface area (Å²) in [6.45, 7) is 4.96. The van der Waals surface area contributed by atoms with Crippen LogP contribution in [0.25, 0.3) is 0 Å². The van der Waals surface area contributed by atoms with E-state index < -0.39 is 5.41 Å². The predicted octanol–water partition coefficient (Wildman–Crippen LogP) is 0.444. The van der Waals surface area contributed by atoms with Crippen molar-refractivity contribution >= 4 is 11.8 Å². The van der Waals surface area contributed by atoms with Gasteiger partial charge in [-0.2, -0.15) is 0 Å². The van der Waals surface area contributed by atoms with Gasteiger partial charge in [-0.1, -0.05) is 0 Å². The first-order chi connectivity index (χ1) is 8.03. The fraction of sp³-hybridized carbons (Fsp3) is 0.833. The third kappa shape index (κ3) is 3.70. The van der Waals surface area contributed by atoms with Crippen molar-refractivity contribution < 1.29 is 14.3 Å². The average Bonchev–Trinajstić information content (AvgIpc) is 3.04. The van der Waals surface area contributed by atoms with Crippen molar-refractivity contribution in [2.45, 2.75) is 39.2 Å². The molecule has 1 rings (SSSR count). The molecule has 0 aliphatic heterocycles. The van der Waals surface area contributed by atoms with Crippen molar-refractivity contribution in [3.05, 3.63) is 0 Å². The van der Waals surface area contributed by atoms with E-state index in [1.165, 1.54) is 0 Å². The van der Waals surface area contributed by atoms with Gasteiger partial charge < -0.3 is 15.4 Å². The molecule has 0 radical (unpaired) electrons. The zero-order valence-electron chi connectivity index (χ0n) is 10.8. The summed E-state index contributed by atoms with van der Waals surface area (Å²) in [5.41, 5.74) is -0.794. The van der Waals surface area contributed by atoms with Crippen LogP contribution in [0.4, 0.5) is 0 Å². The van der Waals surface area contributed by atoms with Crippen LogP contribution in [0.15, 0.2) is 0 Å². The largest absolute Gasteiger partial charge is 0.385 e. The van der Waals surface area contributed by atoms with Crippen molar-refractivity contribution in [3.8, 4) is 0 Å². The van der Waals surface area contributed by atoms with E-state index in [0.717, 1.165) is 6.42 Å². The first-order valence-electron chi connectivity index (χ1n) is 6.11. The van der Waals surface area contributed by atoms with Gasteiger partial charge in [0.1, 0.15) is 5.41 Å². The summed E-state index contributed by atoms with van der Waals surface area (Å²) < 4.78 is 4.89. The Morgan fingerprint density at radius 3 is 2.41 bits per heavy atom. The fourth-order valence-electron chi connectivity index (χ4n) is 1.67. The Labute approximate surface area is 102 Å². The van der Waals surface area contributed by atoms with Crippen LogP contribution < -0.4 is 10.6 Å². The van der Waals surface area contributed by atoms with E-state index in [2.05, 4.69) is 10.6 Å². The number of carbonyl (C=O) groups is 2. The minimum Gasteiger partial charge on any atom is -0.385 e. The van der Waals surface area contributed by atoms with Crippen molar-refractivity contribution in [1.82, 2.24) is 10.6 Å². The number of hydrogen-bond acceptors (Lipinski definition) is 3. The van der Waals surface area contributed by atoms with E-state index in [-0.39, 0.29) is 17.9 Å². The molecule has 0 atom stereocenters. The summed E-state index contributed by atoms with van der Waals surface area (Å²) in [5.74, 6) is -0.288. The molecule has 17 heavy (non-hydrogen) atoms. The number of methoxy groups -OCH3 is 1. The van der Waals surface area contributed by atoms with Crippen LogP contribution in [0, 0.1) is 5.41 Å². The van der Waals surface area contributed by atoms with Crippen LogP contribution in [0.5, 0.6) is 0 Å². The van der Waals surface area contributed by atoms with E-state index >= 15 is 0 Å². The number of ether oxygens (including phenoxy) is 1. The summed E-state index contributed by atoms with van der Waals surface area (Å²) in [5, 5.41) is 5.60. The monoisotopic (exact) mass is 242 g/mol. The zero-order chi connectivity index (χ0) is 12.9. The number of amides is 2. The molecule has 0 aromatic carbocycles. The Hall–Kier alpha value is -1.10. The van der Waals surface area contributed by atoms with Crippen LogP contribution in [0.2, 0.25) is 0 Å². The highest BCUT2D eigenvalue weighted by atomic mass is 16.5. The lowest BCUT2D eigenvalue weighted by atomic mass is 10.0. The summed E-state index contributed by atoms with van der Waals surface area (Å²) in [7, 11) is 1.63. The molecular weight excluding hydrogens is 220 g/mol. The quantitative estimate of drug-likeness (QED) is 0.503. The van der Waals surface area contributed by atoms with Crippen LogP contribution in [-0.2, 0) is 14.3 Å². The normalized spacial score (nSPS) is 16.7. The van der Waals surface area contributed by atoms with Crippen LogP contribution in [-0.4, -0.2) is 38.1 Å². The van der Waals surface area contributed by atoms with Gasteiger partial charge in [0.15, 0.2) is 0 Å². The second kappa shape index (κ2) is 6.00. The summed E-state index contributed by atoms with van der Waals surface area (Å²) in [6, 6.07) is 0.0706. The first-order valence-corrected chi connectivity index (χ1v) is 6.11. The molecule has 5 nitrogen and oxygen atoms in total. The third-order valence-electron chi connectivity index (χ3n) is 2.85. The highest BCUT2D eigenvalue weighted by Crippen LogP contribution is 2.46. The zero-order valence-corrected chi connectivity index (χ0v) is 10.8. The van der Waals surface area contributed by atoms with E-state index in [1.54, 1.807) is 7.11 Å². The maximum absolute atomic E-state index is 11.9. The molecule has 5 heteroatoms. The van der Waals surface area contributed by atoms with Crippen LogP contribution in [0.3, 0.4) is 0 Å². The molecule has 1 aliphatic carbocycles. The summed E-state index contributed by atoms with van der Waals surface area (Å²) in [6.07, 6.45) is 2.08. The Morgan fingerprint density at radius 2 is 1.94 bits per heavy atom. The van der Waals surface area contributed by atoms with Gasteiger partial charge in [0, 0.05) is 26.3 Å². The maximum atomic E-state index is 11.9. The third-order valence-corrected chi connectivity index (χ3v) is 2.85. The van der Waals surface area contributed by atoms with E-state index in [4.69, 9.17) is 4.74 Å². The first kappa shape index (κ1) is 14.0. The number of rotatable bonds is 7. The molecular formula is C12H22N2O3. The van der Waals surface area contributed by atoms with Crippen molar-refractivity contribution in [3.63, 3.8) is 0 Å². The van der Waals surface area contributed by atoms with Gasteiger partial charge >= 0.3 is 0 Å². The van der Waals surface area contributed by atoms with Crippen molar-refractivity contribution in [2.24, 2.45) is 5.41 Å². The molecule has 2 amide bonds. The van der Waals surface area contributed by atoms with E-state index in [1.807, 2.05) is 13.8 Å². The lowest BCUT2D eigenvalue weighted by molar-refractivity contribution is -0.137. The van der Waals surface area contributed by atoms with E-state index in [9.17, 15) is 9.59 Å². The van der Waals surface area contributed by atoms with Crippen LogP contribution in [0.1, 0.15) is 33.1 Å². The molecule has 98 valence electrons. The number of nitrogens with one attached hydrogen (secondary N) is 2. The molecule has 2 N–H and O–H groups in total. The molecule has 1 saturated carbocycles. The summed E-state index contributed by atoms with van der Waals surface area (Å²) >= 11 is 0. The standard InChI is InChI=1S/C12H22N2O3/c1-9(2)14-11(16)12(5-6-12)10(15)13-7-4-8-17-3/h9H,4-8H2,1-3H3,(H,13,15)(H,14,16). The minimum absolute atomic E-state index is 0.0706. The Balaban J connectivity index is 2.37. The highest BCUT2D eigenvalue weighted by molar-refractivity contribution is 6.07. The van der Waals surface area contributed by atoms with Crippen molar-refractivity contribution in [2.75, 3.05) is 20.3 Å². The second-order valence-electron chi connectivity index (χ2n) is 4.81. The van der Waals surface area contributed by atoms with Gasteiger partial charge in [0.2, 0.25) is 11.8 Å². The Morgan fingerprint density at radius 1 is 1.29 bits per heavy atom. The molecule has 0 unspecified atom stereocenters. The smallest absolute Gasteiger partial charge is 0.235 e. The fourth-order valence-corrected chi connectivity index (χ4v) is 1.67. The molecule has 0 bridgehead atoms. The van der Waals surface area contributed by atoms with Gasteiger partial charge in [0.25, 0.3) is 0 Å². The number of carbonyl (C=O) groups excluding carboxylic acids is 2. The van der Waals surface area contributed by atoms with Gasteiger partial charge in [-0.05, 0) is 33.1 Å². The minimum atomic E-state index is -0.794. The maximum Gasteiger partial charge on any atom is 0.235 e. The Kier molecular flexibility index (Phi) is 4.93. The second-order valence-corrected chi connectivity index (χ2v) is 4.81. The SMILES string of the molecule is COCCCNC(=O)C1(C(=O)NC(C)C)CC1. The van der Waals surface area contributed by atoms with Gasteiger partial charge in [-0.15, -0.1) is 0 Å². The number of hydrogen-bond donors (Lipinski definition) is 2. The molecule has 1 aliphatic rings. The molecule has 0 spiro atoms. The summed E-state index contributed by atoms with van der Waals surface area (Å²) in [4.78, 5) is 23.8. The molecule has 1 fully saturated rings. The van der Waals surface area contributed by atoms with Crippen molar-refractivity contribution in [1.29, 1.82) is 0 Å². The topological polar surface area (TPSA) is 67.4 Å². The van der Waals surface area contributed by atoms with Gasteiger partial charge in [-0.3, -0.25) is 9.59 Å². The lowest BCUT2D eigenvalue weighted by Gasteiger charge is -2.17. The van der Waals surface area contributed by atoms with Gasteiger partial charge in [0.05, 0.1) is 0 Å². The molecule has 0 heterocycles. The molecule has 0 aromatic rings. The average molecular weight is 242 g/mol. The molecule has 0 aromatic heterocycles. The van der Waals surface area contributed by atoms with E-state index in [0.29, 0.717) is 26.0 Å². The van der Waals surface area contributed by atoms with Gasteiger partial charge in [-0.25, -0.2) is 0 Å².